The SMILES string of the molecule is COC(=O)[C@H](C)NP(=O)(Oc1ccccc1)Oc1ccc2c(=O)c(-c3ccc(O)cc3)coc2c1. The van der Waals surface area contributed by atoms with Crippen LogP contribution in [0.15, 0.2) is 88.3 Å². The predicted molar refractivity (Wildman–Crippen MR) is 130 cm³/mol. The zero-order valence-corrected chi connectivity index (χ0v) is 19.7. The Morgan fingerprint density at radius 1 is 1.00 bits per heavy atom. The Morgan fingerprint density at radius 3 is 2.37 bits per heavy atom. The number of carbonyl (C=O) groups is 1. The van der Waals surface area contributed by atoms with Gasteiger partial charge in [-0.05, 0) is 48.9 Å². The van der Waals surface area contributed by atoms with Crippen LogP contribution in [0.1, 0.15) is 6.92 Å². The summed E-state index contributed by atoms with van der Waals surface area (Å²) in [5, 5.41) is 12.3. The second-order valence-electron chi connectivity index (χ2n) is 7.55. The molecule has 1 heterocycles. The lowest BCUT2D eigenvalue weighted by Crippen LogP contribution is -2.35. The second-order valence-corrected chi connectivity index (χ2v) is 9.17. The standard InChI is InChI=1S/C25H22NO8P/c1-16(25(29)31-2)26-35(30,33-19-6-4-3-5-7-19)34-20-12-13-21-23(14-20)32-15-22(24(21)28)17-8-10-18(27)11-9-17/h3-16,27H,1-2H3,(H,26,30)/t16-,35?/m0/s1. The Bertz CT molecular complexity index is 1450. The Balaban J connectivity index is 1.66. The van der Waals surface area contributed by atoms with E-state index in [0.29, 0.717) is 11.1 Å². The van der Waals surface area contributed by atoms with Crippen molar-refractivity contribution in [2.24, 2.45) is 0 Å². The molecule has 1 unspecified atom stereocenters. The highest BCUT2D eigenvalue weighted by Crippen LogP contribution is 2.45. The number of phenols is 1. The average molecular weight is 495 g/mol. The Hall–Kier alpha value is -4.07. The van der Waals surface area contributed by atoms with Crippen LogP contribution < -0.4 is 19.6 Å². The van der Waals surface area contributed by atoms with E-state index >= 15 is 0 Å². The molecule has 4 rings (SSSR count). The number of aromatic hydroxyl groups is 1. The number of esters is 1. The number of benzene rings is 3. The van der Waals surface area contributed by atoms with Crippen LogP contribution in [0.5, 0.6) is 17.2 Å². The van der Waals surface area contributed by atoms with E-state index < -0.39 is 19.8 Å². The number of methoxy groups -OCH3 is 1. The molecule has 9 nitrogen and oxygen atoms in total. The van der Waals surface area contributed by atoms with Crippen LogP contribution >= 0.6 is 7.75 Å². The van der Waals surface area contributed by atoms with Gasteiger partial charge < -0.3 is 23.3 Å². The first kappa shape index (κ1) is 24.1. The first-order chi connectivity index (χ1) is 16.8. The number of nitrogens with one attached hydrogen (secondary N) is 1. The van der Waals surface area contributed by atoms with Gasteiger partial charge in [0, 0.05) is 6.07 Å². The van der Waals surface area contributed by atoms with Crippen molar-refractivity contribution in [3.05, 3.63) is 89.3 Å². The Labute approximate surface area is 200 Å². The van der Waals surface area contributed by atoms with Gasteiger partial charge in [-0.25, -0.2) is 4.57 Å². The molecule has 0 bridgehead atoms. The summed E-state index contributed by atoms with van der Waals surface area (Å²) < 4.78 is 35.2. The monoisotopic (exact) mass is 495 g/mol. The predicted octanol–water partition coefficient (Wildman–Crippen LogP) is 4.88. The van der Waals surface area contributed by atoms with Gasteiger partial charge in [0.05, 0.1) is 18.1 Å². The van der Waals surface area contributed by atoms with Crippen LogP contribution in [0.2, 0.25) is 0 Å². The minimum atomic E-state index is -4.13. The molecule has 1 aromatic heterocycles. The van der Waals surface area contributed by atoms with E-state index in [1.165, 1.54) is 50.6 Å². The van der Waals surface area contributed by atoms with Crippen molar-refractivity contribution in [2.75, 3.05) is 7.11 Å². The maximum absolute atomic E-state index is 13.6. The molecule has 0 aliphatic heterocycles. The summed E-state index contributed by atoms with van der Waals surface area (Å²) in [4.78, 5) is 24.9. The van der Waals surface area contributed by atoms with E-state index in [4.69, 9.17) is 13.5 Å². The molecule has 35 heavy (non-hydrogen) atoms. The van der Waals surface area contributed by atoms with E-state index in [9.17, 15) is 19.3 Å². The molecule has 0 fully saturated rings. The topological polar surface area (TPSA) is 124 Å². The van der Waals surface area contributed by atoms with Crippen LogP contribution in [0.4, 0.5) is 0 Å². The highest BCUT2D eigenvalue weighted by molar-refractivity contribution is 7.52. The number of para-hydroxylation sites is 1. The third-order valence-corrected chi connectivity index (χ3v) is 6.63. The van der Waals surface area contributed by atoms with Crippen molar-refractivity contribution in [2.45, 2.75) is 13.0 Å². The molecule has 0 amide bonds. The number of hydrogen-bond donors (Lipinski definition) is 2. The van der Waals surface area contributed by atoms with Gasteiger partial charge in [-0.15, -0.1) is 0 Å². The molecule has 0 aliphatic carbocycles. The van der Waals surface area contributed by atoms with Gasteiger partial charge in [0.15, 0.2) is 5.43 Å². The molecule has 0 aliphatic rings. The zero-order valence-electron chi connectivity index (χ0n) is 18.8. The minimum Gasteiger partial charge on any atom is -0.508 e. The lowest BCUT2D eigenvalue weighted by atomic mass is 10.1. The molecule has 3 aromatic carbocycles. The van der Waals surface area contributed by atoms with Crippen molar-refractivity contribution in [1.82, 2.24) is 5.09 Å². The largest absolute Gasteiger partial charge is 0.513 e. The van der Waals surface area contributed by atoms with Crippen molar-refractivity contribution in [1.29, 1.82) is 0 Å². The van der Waals surface area contributed by atoms with Crippen molar-refractivity contribution < 1.29 is 32.7 Å². The van der Waals surface area contributed by atoms with E-state index in [1.54, 1.807) is 42.5 Å². The fourth-order valence-electron chi connectivity index (χ4n) is 3.30. The first-order valence-electron chi connectivity index (χ1n) is 10.5. The van der Waals surface area contributed by atoms with Crippen LogP contribution in [-0.4, -0.2) is 24.2 Å². The van der Waals surface area contributed by atoms with Crippen molar-refractivity contribution in [3.8, 4) is 28.4 Å². The third kappa shape index (κ3) is 5.54. The number of rotatable bonds is 8. The smallest absolute Gasteiger partial charge is 0.508 e. The molecule has 10 heteroatoms. The van der Waals surface area contributed by atoms with Gasteiger partial charge >= 0.3 is 13.7 Å². The number of fused-ring (bicyclic) bond motifs is 1. The van der Waals surface area contributed by atoms with Crippen molar-refractivity contribution in [3.63, 3.8) is 0 Å². The van der Waals surface area contributed by atoms with E-state index in [-0.39, 0.29) is 33.6 Å². The minimum absolute atomic E-state index is 0.0815. The van der Waals surface area contributed by atoms with Gasteiger partial charge in [-0.1, -0.05) is 30.3 Å². The quantitative estimate of drug-likeness (QED) is 0.260. The summed E-state index contributed by atoms with van der Waals surface area (Å²) in [5.41, 5.74) is 0.810. The summed E-state index contributed by atoms with van der Waals surface area (Å²) in [6.07, 6.45) is 1.30. The zero-order chi connectivity index (χ0) is 25.0. The molecule has 0 saturated heterocycles. The highest BCUT2D eigenvalue weighted by atomic mass is 31.2. The fraction of sp³-hybridized carbons (Fsp3) is 0.120. The number of phenolic OH excluding ortho intramolecular Hbond substituents is 1. The molecule has 2 N–H and O–H groups in total. The van der Waals surface area contributed by atoms with Gasteiger partial charge in [-0.3, -0.25) is 9.59 Å². The lowest BCUT2D eigenvalue weighted by molar-refractivity contribution is -0.142. The van der Waals surface area contributed by atoms with Gasteiger partial charge in [0.1, 0.15) is 35.1 Å². The molecule has 4 aromatic rings. The Kier molecular flexibility index (Phi) is 6.91. The average Bonchev–Trinajstić information content (AvgIpc) is 2.84. The normalized spacial score (nSPS) is 13.5. The van der Waals surface area contributed by atoms with Crippen molar-refractivity contribution >= 4 is 24.7 Å². The molecule has 0 radical (unpaired) electrons. The maximum Gasteiger partial charge on any atom is 0.513 e. The van der Waals surface area contributed by atoms with Crippen LogP contribution in [0, 0.1) is 0 Å². The number of hydrogen-bond acceptors (Lipinski definition) is 8. The molecule has 180 valence electrons. The first-order valence-corrected chi connectivity index (χ1v) is 12.1. The summed E-state index contributed by atoms with van der Waals surface area (Å²) >= 11 is 0. The molecular weight excluding hydrogens is 473 g/mol. The number of carbonyl (C=O) groups excluding carboxylic acids is 1. The van der Waals surface area contributed by atoms with Crippen LogP contribution in [0.3, 0.4) is 0 Å². The summed E-state index contributed by atoms with van der Waals surface area (Å²) in [6, 6.07) is 17.8. The molecule has 2 atom stereocenters. The summed E-state index contributed by atoms with van der Waals surface area (Å²) in [6.45, 7) is 1.46. The molecular formula is C25H22NO8P. The van der Waals surface area contributed by atoms with Gasteiger partial charge in [0.2, 0.25) is 0 Å². The van der Waals surface area contributed by atoms with E-state index in [0.717, 1.165) is 0 Å². The van der Waals surface area contributed by atoms with E-state index in [1.807, 2.05) is 0 Å². The molecule has 0 spiro atoms. The third-order valence-electron chi connectivity index (χ3n) is 5.03. The van der Waals surface area contributed by atoms with Crippen LogP contribution in [-0.2, 0) is 14.1 Å². The second kappa shape index (κ2) is 10.0. The highest BCUT2D eigenvalue weighted by Gasteiger charge is 2.33. The van der Waals surface area contributed by atoms with Gasteiger partial charge in [-0.2, -0.15) is 5.09 Å². The van der Waals surface area contributed by atoms with Gasteiger partial charge in [0.25, 0.3) is 0 Å². The van der Waals surface area contributed by atoms with Crippen LogP contribution in [0.25, 0.3) is 22.1 Å². The molecule has 0 saturated carbocycles. The summed E-state index contributed by atoms with van der Waals surface area (Å²) in [7, 11) is -2.92. The lowest BCUT2D eigenvalue weighted by Gasteiger charge is -2.22. The van der Waals surface area contributed by atoms with E-state index in [2.05, 4.69) is 9.82 Å². The fourth-order valence-corrected chi connectivity index (χ4v) is 4.82. The Morgan fingerprint density at radius 2 is 1.69 bits per heavy atom. The maximum atomic E-state index is 13.6. The number of ether oxygens (including phenoxy) is 1. The summed E-state index contributed by atoms with van der Waals surface area (Å²) in [5.74, 6) is -0.233.